The molecule has 2 heterocycles. The first-order chi connectivity index (χ1) is 8.33. The molecule has 0 aromatic heterocycles. The molecular formula is C14H18N2O. The first-order valence-electron chi connectivity index (χ1n) is 6.44. The van der Waals surface area contributed by atoms with Gasteiger partial charge in [-0.25, -0.2) is 0 Å². The average Bonchev–Trinajstić information content (AvgIpc) is 3.00. The highest BCUT2D eigenvalue weighted by molar-refractivity contribution is 5.79. The Morgan fingerprint density at radius 1 is 1.24 bits per heavy atom. The molecule has 3 rings (SSSR count). The van der Waals surface area contributed by atoms with Gasteiger partial charge >= 0.3 is 0 Å². The van der Waals surface area contributed by atoms with Gasteiger partial charge in [-0.15, -0.1) is 0 Å². The number of amides is 1. The van der Waals surface area contributed by atoms with E-state index in [1.54, 1.807) is 0 Å². The van der Waals surface area contributed by atoms with Crippen LogP contribution in [0.5, 0.6) is 0 Å². The summed E-state index contributed by atoms with van der Waals surface area (Å²) in [5, 5.41) is 2.90. The molecule has 1 atom stereocenters. The molecule has 2 aliphatic heterocycles. The smallest absolute Gasteiger partial charge is 0.220 e. The summed E-state index contributed by atoms with van der Waals surface area (Å²) < 4.78 is 0. The fourth-order valence-electron chi connectivity index (χ4n) is 2.79. The molecule has 0 saturated carbocycles. The molecule has 2 fully saturated rings. The Morgan fingerprint density at radius 3 is 2.76 bits per heavy atom. The van der Waals surface area contributed by atoms with Gasteiger partial charge in [0.05, 0.1) is 0 Å². The fourth-order valence-corrected chi connectivity index (χ4v) is 2.79. The van der Waals surface area contributed by atoms with Crippen molar-refractivity contribution < 1.29 is 4.79 Å². The van der Waals surface area contributed by atoms with Crippen LogP contribution in [0.3, 0.4) is 0 Å². The van der Waals surface area contributed by atoms with Crippen LogP contribution in [0, 0.1) is 0 Å². The third kappa shape index (κ3) is 2.14. The minimum atomic E-state index is 0.182. The summed E-state index contributed by atoms with van der Waals surface area (Å²) in [4.78, 5) is 13.7. The van der Waals surface area contributed by atoms with Crippen LogP contribution in [0.25, 0.3) is 0 Å². The number of hydrogen-bond donors (Lipinski definition) is 1. The topological polar surface area (TPSA) is 32.3 Å². The Kier molecular flexibility index (Phi) is 2.75. The third-order valence-electron chi connectivity index (χ3n) is 3.79. The lowest BCUT2D eigenvalue weighted by atomic mass is 9.98. The Hall–Kier alpha value is -1.51. The summed E-state index contributed by atoms with van der Waals surface area (Å²) in [7, 11) is 0. The van der Waals surface area contributed by atoms with E-state index >= 15 is 0 Å². The van der Waals surface area contributed by atoms with Crippen molar-refractivity contribution in [1.82, 2.24) is 5.32 Å². The van der Waals surface area contributed by atoms with Gasteiger partial charge in [0.25, 0.3) is 0 Å². The molecule has 3 heteroatoms. The molecule has 3 nitrogen and oxygen atoms in total. The second-order valence-corrected chi connectivity index (χ2v) is 4.99. The van der Waals surface area contributed by atoms with E-state index in [-0.39, 0.29) is 5.91 Å². The van der Waals surface area contributed by atoms with Crippen LogP contribution in [0.1, 0.15) is 30.7 Å². The zero-order valence-electron chi connectivity index (χ0n) is 9.98. The van der Waals surface area contributed by atoms with Crippen molar-refractivity contribution in [3.8, 4) is 0 Å². The molecule has 0 aliphatic carbocycles. The summed E-state index contributed by atoms with van der Waals surface area (Å²) in [6, 6.07) is 8.70. The molecule has 1 N–H and O–H groups in total. The van der Waals surface area contributed by atoms with Crippen LogP contribution >= 0.6 is 0 Å². The Morgan fingerprint density at radius 2 is 2.06 bits per heavy atom. The lowest BCUT2D eigenvalue weighted by Crippen LogP contribution is -2.18. The van der Waals surface area contributed by atoms with Gasteiger partial charge in [-0.1, -0.05) is 12.1 Å². The first-order valence-corrected chi connectivity index (χ1v) is 6.44. The molecule has 17 heavy (non-hydrogen) atoms. The van der Waals surface area contributed by atoms with Crippen molar-refractivity contribution in [2.75, 3.05) is 24.5 Å². The van der Waals surface area contributed by atoms with E-state index in [2.05, 4.69) is 34.5 Å². The minimum Gasteiger partial charge on any atom is -0.372 e. The Balaban J connectivity index is 1.81. The highest BCUT2D eigenvalue weighted by Crippen LogP contribution is 2.28. The lowest BCUT2D eigenvalue weighted by molar-refractivity contribution is -0.119. The van der Waals surface area contributed by atoms with E-state index in [1.807, 2.05) is 0 Å². The van der Waals surface area contributed by atoms with Crippen molar-refractivity contribution in [3.63, 3.8) is 0 Å². The quantitative estimate of drug-likeness (QED) is 0.841. The summed E-state index contributed by atoms with van der Waals surface area (Å²) in [5.41, 5.74) is 2.62. The van der Waals surface area contributed by atoms with Crippen LogP contribution in [-0.4, -0.2) is 25.5 Å². The molecule has 2 saturated heterocycles. The number of nitrogens with zero attached hydrogens (tertiary/aromatic N) is 1. The molecule has 0 spiro atoms. The monoisotopic (exact) mass is 230 g/mol. The number of nitrogens with one attached hydrogen (secondary N) is 1. The van der Waals surface area contributed by atoms with Gasteiger partial charge in [-0.3, -0.25) is 4.79 Å². The van der Waals surface area contributed by atoms with E-state index in [9.17, 15) is 4.79 Å². The predicted molar refractivity (Wildman–Crippen MR) is 68.3 cm³/mol. The maximum absolute atomic E-state index is 11.2. The van der Waals surface area contributed by atoms with Gasteiger partial charge in [0.2, 0.25) is 5.91 Å². The van der Waals surface area contributed by atoms with Gasteiger partial charge < -0.3 is 10.2 Å². The van der Waals surface area contributed by atoms with Crippen LogP contribution in [0.4, 0.5) is 5.69 Å². The second-order valence-electron chi connectivity index (χ2n) is 4.99. The van der Waals surface area contributed by atoms with Gasteiger partial charge in [-0.05, 0) is 30.5 Å². The van der Waals surface area contributed by atoms with E-state index in [4.69, 9.17) is 0 Å². The summed E-state index contributed by atoms with van der Waals surface area (Å²) >= 11 is 0. The van der Waals surface area contributed by atoms with Crippen molar-refractivity contribution >= 4 is 11.6 Å². The SMILES string of the molecule is O=C1CC(c2cccc(N3CCCC3)c2)CN1. The Bertz CT molecular complexity index is 424. The maximum Gasteiger partial charge on any atom is 0.220 e. The minimum absolute atomic E-state index is 0.182. The molecule has 1 aromatic rings. The standard InChI is InChI=1S/C14H18N2O/c17-14-9-12(10-15-14)11-4-3-5-13(8-11)16-6-1-2-7-16/h3-5,8,12H,1-2,6-7,9-10H2,(H,15,17). The van der Waals surface area contributed by atoms with Crippen molar-refractivity contribution in [1.29, 1.82) is 0 Å². The van der Waals surface area contributed by atoms with Gasteiger partial charge in [0.15, 0.2) is 0 Å². The second kappa shape index (κ2) is 4.40. The number of anilines is 1. The highest BCUT2D eigenvalue weighted by atomic mass is 16.1. The van der Waals surface area contributed by atoms with Crippen LogP contribution < -0.4 is 10.2 Å². The number of hydrogen-bond acceptors (Lipinski definition) is 2. The highest BCUT2D eigenvalue weighted by Gasteiger charge is 2.23. The molecule has 1 unspecified atom stereocenters. The number of benzene rings is 1. The largest absolute Gasteiger partial charge is 0.372 e. The van der Waals surface area contributed by atoms with E-state index in [0.29, 0.717) is 12.3 Å². The van der Waals surface area contributed by atoms with E-state index in [1.165, 1.54) is 37.2 Å². The number of carbonyl (C=O) groups excluding carboxylic acids is 1. The lowest BCUT2D eigenvalue weighted by Gasteiger charge is -2.19. The molecule has 0 bridgehead atoms. The van der Waals surface area contributed by atoms with Gasteiger partial charge in [0.1, 0.15) is 0 Å². The molecule has 0 radical (unpaired) electrons. The maximum atomic E-state index is 11.2. The molecule has 90 valence electrons. The van der Waals surface area contributed by atoms with Crippen molar-refractivity contribution in [3.05, 3.63) is 29.8 Å². The number of rotatable bonds is 2. The molecular weight excluding hydrogens is 212 g/mol. The van der Waals surface area contributed by atoms with Gasteiger partial charge in [-0.2, -0.15) is 0 Å². The fraction of sp³-hybridized carbons (Fsp3) is 0.500. The zero-order chi connectivity index (χ0) is 11.7. The van der Waals surface area contributed by atoms with Crippen molar-refractivity contribution in [2.45, 2.75) is 25.2 Å². The summed E-state index contributed by atoms with van der Waals surface area (Å²) in [6.45, 7) is 3.14. The number of carbonyl (C=O) groups is 1. The molecule has 2 aliphatic rings. The van der Waals surface area contributed by atoms with E-state index < -0.39 is 0 Å². The van der Waals surface area contributed by atoms with Gasteiger partial charge in [0, 0.05) is 37.7 Å². The first kappa shape index (κ1) is 10.6. The average molecular weight is 230 g/mol. The summed E-state index contributed by atoms with van der Waals surface area (Å²) in [6.07, 6.45) is 3.24. The Labute approximate surface area is 102 Å². The van der Waals surface area contributed by atoms with Crippen LogP contribution in [0.15, 0.2) is 24.3 Å². The molecule has 1 amide bonds. The van der Waals surface area contributed by atoms with Crippen molar-refractivity contribution in [2.24, 2.45) is 0 Å². The third-order valence-corrected chi connectivity index (χ3v) is 3.79. The zero-order valence-corrected chi connectivity index (χ0v) is 9.98. The predicted octanol–water partition coefficient (Wildman–Crippen LogP) is 1.89. The van der Waals surface area contributed by atoms with E-state index in [0.717, 1.165) is 6.54 Å². The van der Waals surface area contributed by atoms with Crippen LogP contribution in [-0.2, 0) is 4.79 Å². The summed E-state index contributed by atoms with van der Waals surface area (Å²) in [5.74, 6) is 0.548. The van der Waals surface area contributed by atoms with Crippen LogP contribution in [0.2, 0.25) is 0 Å². The molecule has 1 aromatic carbocycles. The normalized spacial score (nSPS) is 24.1.